The summed E-state index contributed by atoms with van der Waals surface area (Å²) in [4.78, 5) is 0. The van der Waals surface area contributed by atoms with Crippen molar-refractivity contribution in [3.63, 3.8) is 0 Å². The molecule has 2 rings (SSSR count). The van der Waals surface area contributed by atoms with E-state index in [1.807, 2.05) is 30.3 Å². The van der Waals surface area contributed by atoms with Gasteiger partial charge in [-0.1, -0.05) is 41.9 Å². The Hall–Kier alpha value is -1.51. The van der Waals surface area contributed by atoms with Crippen LogP contribution >= 0.6 is 11.6 Å². The lowest BCUT2D eigenvalue weighted by Gasteiger charge is -2.08. The number of anilines is 1. The Morgan fingerprint density at radius 1 is 1.11 bits per heavy atom. The SMILES string of the molecule is Cc1cccc(NCCOCc2ccccc2Cl)c1. The zero-order chi connectivity index (χ0) is 13.5. The van der Waals surface area contributed by atoms with Gasteiger partial charge in [0.15, 0.2) is 0 Å². The maximum Gasteiger partial charge on any atom is 0.0732 e. The van der Waals surface area contributed by atoms with Gasteiger partial charge in [0.2, 0.25) is 0 Å². The fourth-order valence-corrected chi connectivity index (χ4v) is 2.01. The van der Waals surface area contributed by atoms with Gasteiger partial charge in [-0.2, -0.15) is 0 Å². The zero-order valence-corrected chi connectivity index (χ0v) is 11.8. The van der Waals surface area contributed by atoms with Gasteiger partial charge in [-0.3, -0.25) is 0 Å². The van der Waals surface area contributed by atoms with Crippen LogP contribution < -0.4 is 5.32 Å². The van der Waals surface area contributed by atoms with E-state index in [0.717, 1.165) is 22.8 Å². The first-order valence-electron chi connectivity index (χ1n) is 6.37. The topological polar surface area (TPSA) is 21.3 Å². The van der Waals surface area contributed by atoms with Gasteiger partial charge in [0.05, 0.1) is 13.2 Å². The molecule has 0 radical (unpaired) electrons. The molecular formula is C16H18ClNO. The van der Waals surface area contributed by atoms with E-state index in [-0.39, 0.29) is 0 Å². The summed E-state index contributed by atoms with van der Waals surface area (Å²) in [6.45, 7) is 4.07. The summed E-state index contributed by atoms with van der Waals surface area (Å²) in [6.07, 6.45) is 0. The molecule has 0 bridgehead atoms. The van der Waals surface area contributed by atoms with Crippen LogP contribution in [0.1, 0.15) is 11.1 Å². The summed E-state index contributed by atoms with van der Waals surface area (Å²) in [5.41, 5.74) is 3.41. The van der Waals surface area contributed by atoms with Gasteiger partial charge < -0.3 is 10.1 Å². The number of aryl methyl sites for hydroxylation is 1. The number of hydrogen-bond acceptors (Lipinski definition) is 2. The molecule has 2 aromatic rings. The minimum Gasteiger partial charge on any atom is -0.383 e. The predicted molar refractivity (Wildman–Crippen MR) is 80.8 cm³/mol. The van der Waals surface area contributed by atoms with Crippen LogP contribution in [0.5, 0.6) is 0 Å². The third-order valence-corrected chi connectivity index (χ3v) is 3.18. The van der Waals surface area contributed by atoms with E-state index in [1.165, 1.54) is 5.56 Å². The van der Waals surface area contributed by atoms with Gasteiger partial charge in [-0.05, 0) is 36.2 Å². The second-order valence-corrected chi connectivity index (χ2v) is 4.85. The summed E-state index contributed by atoms with van der Waals surface area (Å²) in [7, 11) is 0. The third kappa shape index (κ3) is 4.58. The normalized spacial score (nSPS) is 10.4. The van der Waals surface area contributed by atoms with Crippen LogP contribution in [0.15, 0.2) is 48.5 Å². The van der Waals surface area contributed by atoms with Gasteiger partial charge in [0.1, 0.15) is 0 Å². The Morgan fingerprint density at radius 2 is 1.95 bits per heavy atom. The molecule has 100 valence electrons. The molecule has 0 atom stereocenters. The molecule has 3 heteroatoms. The molecule has 0 unspecified atom stereocenters. The Morgan fingerprint density at radius 3 is 2.74 bits per heavy atom. The van der Waals surface area contributed by atoms with E-state index in [2.05, 4.69) is 30.4 Å². The quantitative estimate of drug-likeness (QED) is 0.795. The molecule has 0 aromatic heterocycles. The van der Waals surface area contributed by atoms with Crippen molar-refractivity contribution in [1.29, 1.82) is 0 Å². The smallest absolute Gasteiger partial charge is 0.0732 e. The van der Waals surface area contributed by atoms with Crippen LogP contribution in [0.25, 0.3) is 0 Å². The second-order valence-electron chi connectivity index (χ2n) is 4.44. The summed E-state index contributed by atoms with van der Waals surface area (Å²) >= 11 is 6.05. The average molecular weight is 276 g/mol. The summed E-state index contributed by atoms with van der Waals surface area (Å²) in [6, 6.07) is 16.1. The minimum absolute atomic E-state index is 0.551. The number of rotatable bonds is 6. The molecule has 19 heavy (non-hydrogen) atoms. The number of hydrogen-bond donors (Lipinski definition) is 1. The van der Waals surface area contributed by atoms with E-state index < -0.39 is 0 Å². The van der Waals surface area contributed by atoms with Crippen molar-refractivity contribution >= 4 is 17.3 Å². The van der Waals surface area contributed by atoms with Gasteiger partial charge >= 0.3 is 0 Å². The zero-order valence-electron chi connectivity index (χ0n) is 11.0. The fraction of sp³-hybridized carbons (Fsp3) is 0.250. The Kier molecular flexibility index (Phi) is 5.25. The van der Waals surface area contributed by atoms with Gasteiger partial charge in [-0.15, -0.1) is 0 Å². The van der Waals surface area contributed by atoms with Crippen LogP contribution in [0.4, 0.5) is 5.69 Å². The largest absolute Gasteiger partial charge is 0.383 e. The molecule has 0 heterocycles. The van der Waals surface area contributed by atoms with Crippen LogP contribution in [0, 0.1) is 6.92 Å². The molecule has 0 saturated heterocycles. The molecule has 0 amide bonds. The average Bonchev–Trinajstić information content (AvgIpc) is 2.40. The van der Waals surface area contributed by atoms with Gasteiger partial charge in [0.25, 0.3) is 0 Å². The predicted octanol–water partition coefficient (Wildman–Crippen LogP) is 4.28. The molecule has 0 aliphatic rings. The van der Waals surface area contributed by atoms with Crippen LogP contribution in [-0.2, 0) is 11.3 Å². The van der Waals surface area contributed by atoms with E-state index in [9.17, 15) is 0 Å². The van der Waals surface area contributed by atoms with E-state index in [1.54, 1.807) is 0 Å². The van der Waals surface area contributed by atoms with Crippen molar-refractivity contribution in [3.8, 4) is 0 Å². The van der Waals surface area contributed by atoms with Crippen LogP contribution in [0.2, 0.25) is 5.02 Å². The van der Waals surface area contributed by atoms with E-state index >= 15 is 0 Å². The molecule has 0 aliphatic heterocycles. The Balaban J connectivity index is 1.69. The van der Waals surface area contributed by atoms with E-state index in [4.69, 9.17) is 16.3 Å². The van der Waals surface area contributed by atoms with Gasteiger partial charge in [0, 0.05) is 17.3 Å². The molecule has 0 saturated carbocycles. The van der Waals surface area contributed by atoms with E-state index in [0.29, 0.717) is 13.2 Å². The lowest BCUT2D eigenvalue weighted by atomic mass is 10.2. The molecule has 2 nitrogen and oxygen atoms in total. The van der Waals surface area contributed by atoms with Crippen molar-refractivity contribution < 1.29 is 4.74 Å². The summed E-state index contributed by atoms with van der Waals surface area (Å²) in [5.74, 6) is 0. The second kappa shape index (κ2) is 7.17. The monoisotopic (exact) mass is 275 g/mol. The molecule has 0 aliphatic carbocycles. The number of benzene rings is 2. The highest BCUT2D eigenvalue weighted by atomic mass is 35.5. The lowest BCUT2D eigenvalue weighted by Crippen LogP contribution is -2.09. The fourth-order valence-electron chi connectivity index (χ4n) is 1.82. The summed E-state index contributed by atoms with van der Waals surface area (Å²) < 4.78 is 5.61. The first kappa shape index (κ1) is 13.9. The van der Waals surface area contributed by atoms with Crippen molar-refractivity contribution in [3.05, 3.63) is 64.7 Å². The molecule has 1 N–H and O–H groups in total. The highest BCUT2D eigenvalue weighted by Gasteiger charge is 1.98. The van der Waals surface area contributed by atoms with Crippen molar-refractivity contribution in [2.24, 2.45) is 0 Å². The highest BCUT2D eigenvalue weighted by molar-refractivity contribution is 6.31. The van der Waals surface area contributed by atoms with Crippen molar-refractivity contribution in [2.45, 2.75) is 13.5 Å². The standard InChI is InChI=1S/C16H18ClNO/c1-13-5-4-7-15(11-13)18-9-10-19-12-14-6-2-3-8-16(14)17/h2-8,11,18H,9-10,12H2,1H3. The van der Waals surface area contributed by atoms with Crippen molar-refractivity contribution in [1.82, 2.24) is 0 Å². The minimum atomic E-state index is 0.551. The summed E-state index contributed by atoms with van der Waals surface area (Å²) in [5, 5.41) is 4.09. The molecule has 0 spiro atoms. The molecule has 0 fully saturated rings. The number of nitrogens with one attached hydrogen (secondary N) is 1. The van der Waals surface area contributed by atoms with Crippen LogP contribution in [-0.4, -0.2) is 13.2 Å². The Labute approximate surface area is 119 Å². The first-order valence-corrected chi connectivity index (χ1v) is 6.75. The maximum atomic E-state index is 6.05. The highest BCUT2D eigenvalue weighted by Crippen LogP contribution is 2.15. The number of ether oxygens (including phenoxy) is 1. The third-order valence-electron chi connectivity index (χ3n) is 2.81. The molecule has 2 aromatic carbocycles. The molecular weight excluding hydrogens is 258 g/mol. The van der Waals surface area contributed by atoms with Gasteiger partial charge in [-0.25, -0.2) is 0 Å². The number of halogens is 1. The Bertz CT molecular complexity index is 528. The van der Waals surface area contributed by atoms with Crippen molar-refractivity contribution in [2.75, 3.05) is 18.5 Å². The first-order chi connectivity index (χ1) is 9.25. The lowest BCUT2D eigenvalue weighted by molar-refractivity contribution is 0.130. The van der Waals surface area contributed by atoms with Crippen LogP contribution in [0.3, 0.4) is 0 Å². The maximum absolute atomic E-state index is 6.05.